The Kier molecular flexibility index (Phi) is 6.39. The first kappa shape index (κ1) is 27.9. The van der Waals surface area contributed by atoms with Crippen molar-refractivity contribution < 1.29 is 4.42 Å². The molecule has 0 unspecified atom stereocenters. The van der Waals surface area contributed by atoms with E-state index in [2.05, 4.69) is 175 Å². The number of benzene rings is 8. The molecule has 0 aliphatic heterocycles. The van der Waals surface area contributed by atoms with Crippen LogP contribution in [-0.4, -0.2) is 0 Å². The Morgan fingerprint density at radius 3 is 1.92 bits per heavy atom. The number of nitrogens with zero attached hydrogens (tertiary/aromatic N) is 1. The lowest BCUT2D eigenvalue weighted by molar-refractivity contribution is 0.669. The Labute approximate surface area is 287 Å². The molecule has 2 aromatic heterocycles. The van der Waals surface area contributed by atoms with Crippen molar-refractivity contribution in [2.45, 2.75) is 0 Å². The second kappa shape index (κ2) is 11.2. The first-order valence-corrected chi connectivity index (χ1v) is 17.4. The zero-order valence-corrected chi connectivity index (χ0v) is 27.3. The van der Waals surface area contributed by atoms with Crippen LogP contribution in [0, 0.1) is 0 Å². The smallest absolute Gasteiger partial charge is 0.137 e. The maximum atomic E-state index is 6.41. The Bertz CT molecular complexity index is 2830. The van der Waals surface area contributed by atoms with Gasteiger partial charge in [-0.05, 0) is 87.6 Å². The van der Waals surface area contributed by atoms with Gasteiger partial charge in [0.1, 0.15) is 11.2 Å². The standard InChI is InChI=1S/C46H29NOS/c1-3-12-30(13-4-1)35-25-23-34(29-39(35)31-14-5-2-6-15-31)47(40-18-11-20-42-46(40)37-16-7-9-19-41(37)48-42)33-24-26-36-32(28-33)22-27-44-45(36)38-17-8-10-21-43(38)49-44/h1-29H. The third-order valence-electron chi connectivity index (χ3n) is 9.65. The lowest BCUT2D eigenvalue weighted by atomic mass is 9.93. The molecule has 0 saturated heterocycles. The van der Waals surface area contributed by atoms with E-state index in [1.165, 1.54) is 53.2 Å². The molecule has 3 heteroatoms. The average molecular weight is 644 g/mol. The third-order valence-corrected chi connectivity index (χ3v) is 10.8. The fourth-order valence-electron chi connectivity index (χ4n) is 7.45. The monoisotopic (exact) mass is 643 g/mol. The number of hydrogen-bond acceptors (Lipinski definition) is 3. The predicted octanol–water partition coefficient (Wildman–Crippen LogP) is 13.9. The molecule has 10 aromatic rings. The van der Waals surface area contributed by atoms with Crippen molar-refractivity contribution in [3.8, 4) is 22.3 Å². The van der Waals surface area contributed by atoms with Gasteiger partial charge >= 0.3 is 0 Å². The van der Waals surface area contributed by atoms with E-state index in [1.807, 2.05) is 17.4 Å². The van der Waals surface area contributed by atoms with Gasteiger partial charge in [-0.3, -0.25) is 0 Å². The highest BCUT2D eigenvalue weighted by Gasteiger charge is 2.21. The van der Waals surface area contributed by atoms with E-state index < -0.39 is 0 Å². The number of fused-ring (bicyclic) bond motifs is 8. The van der Waals surface area contributed by atoms with Crippen LogP contribution in [-0.2, 0) is 0 Å². The SMILES string of the molecule is c1ccc(-c2ccc(N(c3ccc4c(ccc5sc6ccccc6c54)c3)c3cccc4oc5ccccc5c34)cc2-c2ccccc2)cc1. The molecule has 0 fully saturated rings. The fourth-order valence-corrected chi connectivity index (χ4v) is 8.57. The molecule has 0 radical (unpaired) electrons. The van der Waals surface area contributed by atoms with Crippen LogP contribution in [0.3, 0.4) is 0 Å². The molecular formula is C46H29NOS. The minimum atomic E-state index is 0.875. The van der Waals surface area contributed by atoms with Crippen LogP contribution in [0.2, 0.25) is 0 Å². The number of hydrogen-bond donors (Lipinski definition) is 0. The van der Waals surface area contributed by atoms with Crippen LogP contribution >= 0.6 is 11.3 Å². The number of furan rings is 1. The molecule has 2 heterocycles. The molecule has 0 spiro atoms. The second-order valence-corrected chi connectivity index (χ2v) is 13.6. The van der Waals surface area contributed by atoms with Crippen molar-refractivity contribution in [3.63, 3.8) is 0 Å². The molecule has 0 bridgehead atoms. The Morgan fingerprint density at radius 1 is 0.408 bits per heavy atom. The maximum Gasteiger partial charge on any atom is 0.137 e. The maximum absolute atomic E-state index is 6.41. The van der Waals surface area contributed by atoms with Crippen LogP contribution in [0.5, 0.6) is 0 Å². The molecule has 0 amide bonds. The number of anilines is 3. The summed E-state index contributed by atoms with van der Waals surface area (Å²) >= 11 is 1.86. The highest BCUT2D eigenvalue weighted by Crippen LogP contribution is 2.46. The third kappa shape index (κ3) is 4.55. The minimum absolute atomic E-state index is 0.875. The molecule has 0 atom stereocenters. The Balaban J connectivity index is 1.25. The van der Waals surface area contributed by atoms with Crippen molar-refractivity contribution in [1.29, 1.82) is 0 Å². The predicted molar refractivity (Wildman–Crippen MR) is 210 cm³/mol. The average Bonchev–Trinajstić information content (AvgIpc) is 3.75. The normalized spacial score (nSPS) is 11.7. The Morgan fingerprint density at radius 2 is 1.08 bits per heavy atom. The molecule has 0 saturated carbocycles. The van der Waals surface area contributed by atoms with E-state index in [4.69, 9.17) is 4.42 Å². The molecule has 8 aromatic carbocycles. The van der Waals surface area contributed by atoms with Gasteiger partial charge < -0.3 is 9.32 Å². The van der Waals surface area contributed by atoms with Gasteiger partial charge in [-0.15, -0.1) is 11.3 Å². The van der Waals surface area contributed by atoms with E-state index in [1.54, 1.807) is 0 Å². The lowest BCUT2D eigenvalue weighted by Crippen LogP contribution is -2.10. The van der Waals surface area contributed by atoms with Crippen molar-refractivity contribution in [1.82, 2.24) is 0 Å². The van der Waals surface area contributed by atoms with E-state index in [-0.39, 0.29) is 0 Å². The van der Waals surface area contributed by atoms with E-state index in [0.717, 1.165) is 39.0 Å². The van der Waals surface area contributed by atoms with Crippen LogP contribution in [0.4, 0.5) is 17.1 Å². The summed E-state index contributed by atoms with van der Waals surface area (Å²) in [7, 11) is 0. The summed E-state index contributed by atoms with van der Waals surface area (Å²) < 4.78 is 9.05. The van der Waals surface area contributed by atoms with Crippen LogP contribution < -0.4 is 4.90 Å². The van der Waals surface area contributed by atoms with Crippen molar-refractivity contribution in [2.24, 2.45) is 0 Å². The molecule has 10 rings (SSSR count). The van der Waals surface area contributed by atoms with Gasteiger partial charge in [0, 0.05) is 36.9 Å². The summed E-state index contributed by atoms with van der Waals surface area (Å²) in [5, 5.41) is 7.34. The van der Waals surface area contributed by atoms with Gasteiger partial charge in [-0.25, -0.2) is 0 Å². The highest BCUT2D eigenvalue weighted by atomic mass is 32.1. The van der Waals surface area contributed by atoms with Gasteiger partial charge in [0.2, 0.25) is 0 Å². The number of para-hydroxylation sites is 1. The van der Waals surface area contributed by atoms with Crippen LogP contribution in [0.1, 0.15) is 0 Å². The van der Waals surface area contributed by atoms with Gasteiger partial charge in [0.15, 0.2) is 0 Å². The lowest BCUT2D eigenvalue weighted by Gasteiger charge is -2.28. The summed E-state index contributed by atoms with van der Waals surface area (Å²) in [5.74, 6) is 0. The van der Waals surface area contributed by atoms with Crippen molar-refractivity contribution >= 4 is 81.3 Å². The fraction of sp³-hybridized carbons (Fsp3) is 0. The van der Waals surface area contributed by atoms with Gasteiger partial charge in [-0.2, -0.15) is 0 Å². The van der Waals surface area contributed by atoms with E-state index >= 15 is 0 Å². The molecule has 230 valence electrons. The largest absolute Gasteiger partial charge is 0.456 e. The first-order valence-electron chi connectivity index (χ1n) is 16.6. The number of thiophene rings is 1. The quantitative estimate of drug-likeness (QED) is 0.186. The van der Waals surface area contributed by atoms with Gasteiger partial charge in [-0.1, -0.05) is 121 Å². The molecular weight excluding hydrogens is 615 g/mol. The summed E-state index contributed by atoms with van der Waals surface area (Å²) in [6.07, 6.45) is 0. The molecule has 0 aliphatic rings. The van der Waals surface area contributed by atoms with Crippen molar-refractivity contribution in [3.05, 3.63) is 176 Å². The summed E-state index contributed by atoms with van der Waals surface area (Å²) in [6, 6.07) is 63.2. The minimum Gasteiger partial charge on any atom is -0.456 e. The topological polar surface area (TPSA) is 16.4 Å². The molecule has 2 nitrogen and oxygen atoms in total. The molecule has 0 aliphatic carbocycles. The molecule has 49 heavy (non-hydrogen) atoms. The van der Waals surface area contributed by atoms with Crippen molar-refractivity contribution in [2.75, 3.05) is 4.90 Å². The second-order valence-electron chi connectivity index (χ2n) is 12.5. The summed E-state index contributed by atoms with van der Waals surface area (Å²) in [4.78, 5) is 2.40. The zero-order valence-electron chi connectivity index (χ0n) is 26.5. The first-order chi connectivity index (χ1) is 24.3. The van der Waals surface area contributed by atoms with Gasteiger partial charge in [0.25, 0.3) is 0 Å². The highest BCUT2D eigenvalue weighted by molar-refractivity contribution is 7.26. The van der Waals surface area contributed by atoms with Gasteiger partial charge in [0.05, 0.1) is 11.1 Å². The number of rotatable bonds is 5. The zero-order chi connectivity index (χ0) is 32.3. The van der Waals surface area contributed by atoms with Crippen LogP contribution in [0.15, 0.2) is 180 Å². The van der Waals surface area contributed by atoms with E-state index in [0.29, 0.717) is 0 Å². The summed E-state index contributed by atoms with van der Waals surface area (Å²) in [5.41, 5.74) is 9.78. The molecule has 0 N–H and O–H groups in total. The summed E-state index contributed by atoms with van der Waals surface area (Å²) in [6.45, 7) is 0. The van der Waals surface area contributed by atoms with E-state index in [9.17, 15) is 0 Å². The Hall–Kier alpha value is -6.16. The van der Waals surface area contributed by atoms with Crippen LogP contribution in [0.25, 0.3) is 75.1 Å².